The second kappa shape index (κ2) is 9.71. The fraction of sp³-hybridized carbons (Fsp3) is 0.333. The van der Waals surface area contributed by atoms with Crippen LogP contribution in [-0.2, 0) is 11.2 Å². The van der Waals surface area contributed by atoms with Crippen LogP contribution in [0.5, 0.6) is 5.75 Å². The molecule has 8 heteroatoms. The Kier molecular flexibility index (Phi) is 7.21. The van der Waals surface area contributed by atoms with Crippen LogP contribution in [0.15, 0.2) is 41.3 Å². The van der Waals surface area contributed by atoms with E-state index in [2.05, 4.69) is 0 Å². The minimum atomic E-state index is -0.774. The predicted molar refractivity (Wildman–Crippen MR) is 121 cm³/mol. The molecule has 32 heavy (non-hydrogen) atoms. The van der Waals surface area contributed by atoms with Gasteiger partial charge in [0, 0.05) is 24.1 Å². The van der Waals surface area contributed by atoms with Gasteiger partial charge in [-0.05, 0) is 29.2 Å². The van der Waals surface area contributed by atoms with Gasteiger partial charge < -0.3 is 19.1 Å². The Balaban J connectivity index is 2.33. The number of methoxy groups -OCH3 is 2. The van der Waals surface area contributed by atoms with Crippen molar-refractivity contribution in [3.05, 3.63) is 74.3 Å². The molecular formula is C24H25ClFNO5. The number of nitrogens with zero attached hydrogens (tertiary/aromatic N) is 1. The summed E-state index contributed by atoms with van der Waals surface area (Å²) in [5, 5.41) is 10.2. The van der Waals surface area contributed by atoms with Gasteiger partial charge in [0.05, 0.1) is 37.4 Å². The predicted octanol–water partition coefficient (Wildman–Crippen LogP) is 4.37. The molecule has 0 saturated heterocycles. The van der Waals surface area contributed by atoms with E-state index in [1.165, 1.54) is 26.5 Å². The van der Waals surface area contributed by atoms with E-state index in [0.29, 0.717) is 22.4 Å². The van der Waals surface area contributed by atoms with Gasteiger partial charge in [-0.2, -0.15) is 0 Å². The van der Waals surface area contributed by atoms with Crippen LogP contribution < -0.4 is 10.2 Å². The number of carbonyl (C=O) groups is 1. The van der Waals surface area contributed by atoms with Crippen molar-refractivity contribution in [3.63, 3.8) is 0 Å². The summed E-state index contributed by atoms with van der Waals surface area (Å²) in [7, 11) is 2.68. The maximum absolute atomic E-state index is 14.5. The Morgan fingerprint density at radius 2 is 1.94 bits per heavy atom. The van der Waals surface area contributed by atoms with Crippen molar-refractivity contribution in [2.75, 3.05) is 20.8 Å². The lowest BCUT2D eigenvalue weighted by molar-refractivity contribution is 0.0597. The molecule has 0 bridgehead atoms. The third-order valence-electron chi connectivity index (χ3n) is 5.57. The molecule has 3 aromatic rings. The second-order valence-corrected chi connectivity index (χ2v) is 8.24. The Morgan fingerprint density at radius 3 is 2.53 bits per heavy atom. The molecule has 0 spiro atoms. The average Bonchev–Trinajstić information content (AvgIpc) is 2.77. The molecule has 0 saturated carbocycles. The molecule has 170 valence electrons. The SMILES string of the molecule is COC(=O)c1cn([C@@H](CO)C(C)C)c2cc(OC)c(Cc3cccc(Cl)c3F)cc2c1=O. The van der Waals surface area contributed by atoms with Crippen LogP contribution in [-0.4, -0.2) is 36.5 Å². The first kappa shape index (κ1) is 23.8. The molecule has 0 aliphatic rings. The molecule has 0 amide bonds. The number of ether oxygens (including phenoxy) is 2. The molecule has 1 atom stereocenters. The summed E-state index contributed by atoms with van der Waals surface area (Å²) in [6.45, 7) is 3.65. The molecule has 0 fully saturated rings. The number of aliphatic hydroxyl groups is 1. The number of benzene rings is 2. The first-order valence-corrected chi connectivity index (χ1v) is 10.5. The van der Waals surface area contributed by atoms with Gasteiger partial charge in [-0.25, -0.2) is 9.18 Å². The highest BCUT2D eigenvalue weighted by Gasteiger charge is 2.23. The van der Waals surface area contributed by atoms with Crippen LogP contribution in [0.25, 0.3) is 10.9 Å². The fourth-order valence-corrected chi connectivity index (χ4v) is 3.98. The molecule has 2 aromatic carbocycles. The van der Waals surface area contributed by atoms with Gasteiger partial charge >= 0.3 is 5.97 Å². The molecule has 1 heterocycles. The number of carbonyl (C=O) groups excluding carboxylic acids is 1. The minimum Gasteiger partial charge on any atom is -0.496 e. The van der Waals surface area contributed by atoms with E-state index in [1.54, 1.807) is 28.8 Å². The van der Waals surface area contributed by atoms with Gasteiger partial charge in [-0.3, -0.25) is 4.79 Å². The van der Waals surface area contributed by atoms with E-state index in [1.807, 2.05) is 13.8 Å². The second-order valence-electron chi connectivity index (χ2n) is 7.84. The number of halogens is 2. The molecule has 0 aliphatic heterocycles. The molecular weight excluding hydrogens is 437 g/mol. The van der Waals surface area contributed by atoms with E-state index < -0.39 is 23.3 Å². The lowest BCUT2D eigenvalue weighted by atomic mass is 9.98. The number of aliphatic hydroxyl groups excluding tert-OH is 1. The van der Waals surface area contributed by atoms with Crippen LogP contribution in [0.4, 0.5) is 4.39 Å². The van der Waals surface area contributed by atoms with Gasteiger partial charge in [0.15, 0.2) is 0 Å². The lowest BCUT2D eigenvalue weighted by Gasteiger charge is -2.25. The van der Waals surface area contributed by atoms with Crippen LogP contribution in [0, 0.1) is 11.7 Å². The van der Waals surface area contributed by atoms with Crippen LogP contribution in [0.1, 0.15) is 41.4 Å². The smallest absolute Gasteiger partial charge is 0.343 e. The number of hydrogen-bond acceptors (Lipinski definition) is 5. The molecule has 3 rings (SSSR count). The van der Waals surface area contributed by atoms with Crippen molar-refractivity contribution in [2.24, 2.45) is 5.92 Å². The first-order valence-electron chi connectivity index (χ1n) is 10.1. The maximum Gasteiger partial charge on any atom is 0.343 e. The molecule has 0 unspecified atom stereocenters. The standard InChI is InChI=1S/C24H25ClFNO5/c1-13(2)20(12-28)27-11-17(24(30)32-4)23(29)16-9-15(21(31-3)10-19(16)27)8-14-6-5-7-18(25)22(14)26/h5-7,9-11,13,20,28H,8,12H2,1-4H3/t20-/m0/s1. The number of hydrogen-bond donors (Lipinski definition) is 1. The van der Waals surface area contributed by atoms with Crippen LogP contribution in [0.3, 0.4) is 0 Å². The van der Waals surface area contributed by atoms with Crippen molar-refractivity contribution in [3.8, 4) is 5.75 Å². The Morgan fingerprint density at radius 1 is 1.22 bits per heavy atom. The number of pyridine rings is 1. The number of esters is 1. The van der Waals surface area contributed by atoms with E-state index >= 15 is 0 Å². The zero-order valence-corrected chi connectivity index (χ0v) is 19.1. The fourth-order valence-electron chi connectivity index (χ4n) is 3.79. The van der Waals surface area contributed by atoms with E-state index in [9.17, 15) is 19.1 Å². The number of fused-ring (bicyclic) bond motifs is 1. The summed E-state index contributed by atoms with van der Waals surface area (Å²) in [6, 6.07) is 7.57. The van der Waals surface area contributed by atoms with E-state index in [4.69, 9.17) is 21.1 Å². The topological polar surface area (TPSA) is 77.8 Å². The highest BCUT2D eigenvalue weighted by molar-refractivity contribution is 6.30. The van der Waals surface area contributed by atoms with Crippen molar-refractivity contribution in [2.45, 2.75) is 26.3 Å². The molecule has 1 N–H and O–H groups in total. The van der Waals surface area contributed by atoms with Gasteiger partial charge in [-0.15, -0.1) is 0 Å². The summed E-state index contributed by atoms with van der Waals surface area (Å²) >= 11 is 5.91. The largest absolute Gasteiger partial charge is 0.496 e. The average molecular weight is 462 g/mol. The Labute approximate surface area is 190 Å². The first-order chi connectivity index (χ1) is 15.2. The third kappa shape index (κ3) is 4.36. The van der Waals surface area contributed by atoms with Crippen molar-refractivity contribution in [1.82, 2.24) is 4.57 Å². The van der Waals surface area contributed by atoms with E-state index in [0.717, 1.165) is 0 Å². The van der Waals surface area contributed by atoms with Gasteiger partial charge in [0.1, 0.15) is 17.1 Å². The zero-order valence-electron chi connectivity index (χ0n) is 18.3. The van der Waals surface area contributed by atoms with Gasteiger partial charge in [-0.1, -0.05) is 37.6 Å². The van der Waals surface area contributed by atoms with Crippen LogP contribution >= 0.6 is 11.6 Å². The normalized spacial score (nSPS) is 12.2. The molecule has 0 aliphatic carbocycles. The van der Waals surface area contributed by atoms with Crippen molar-refractivity contribution >= 4 is 28.5 Å². The highest BCUT2D eigenvalue weighted by atomic mass is 35.5. The molecule has 0 radical (unpaired) electrons. The third-order valence-corrected chi connectivity index (χ3v) is 5.86. The van der Waals surface area contributed by atoms with Crippen molar-refractivity contribution < 1.29 is 23.8 Å². The Hall–Kier alpha value is -2.90. The summed E-state index contributed by atoms with van der Waals surface area (Å²) in [4.78, 5) is 25.5. The molecule has 6 nitrogen and oxygen atoms in total. The maximum atomic E-state index is 14.5. The van der Waals surface area contributed by atoms with Crippen molar-refractivity contribution in [1.29, 1.82) is 0 Å². The minimum absolute atomic E-state index is 0.000287. The summed E-state index contributed by atoms with van der Waals surface area (Å²) < 4.78 is 26.5. The zero-order chi connectivity index (χ0) is 23.6. The lowest BCUT2D eigenvalue weighted by Crippen LogP contribution is -2.26. The van der Waals surface area contributed by atoms with E-state index in [-0.39, 0.29) is 34.9 Å². The summed E-state index contributed by atoms with van der Waals surface area (Å²) in [6.07, 6.45) is 1.54. The highest BCUT2D eigenvalue weighted by Crippen LogP contribution is 2.31. The Bertz CT molecular complexity index is 1220. The van der Waals surface area contributed by atoms with Gasteiger partial charge in [0.25, 0.3) is 0 Å². The van der Waals surface area contributed by atoms with Gasteiger partial charge in [0.2, 0.25) is 5.43 Å². The van der Waals surface area contributed by atoms with Crippen LogP contribution in [0.2, 0.25) is 5.02 Å². The number of rotatable bonds is 7. The summed E-state index contributed by atoms with van der Waals surface area (Å²) in [5.74, 6) is -0.875. The monoisotopic (exact) mass is 461 g/mol. The molecule has 1 aromatic heterocycles. The summed E-state index contributed by atoms with van der Waals surface area (Å²) in [5.41, 5.74) is 0.720. The number of aromatic nitrogens is 1. The quantitative estimate of drug-likeness (QED) is 0.529.